The third kappa shape index (κ3) is 12.3. The lowest BCUT2D eigenvalue weighted by atomic mass is 10.0. The molecule has 0 rings (SSSR count). The maximum absolute atomic E-state index is 10.8. The maximum Gasteiger partial charge on any atom is 0.325 e. The van der Waals surface area contributed by atoms with E-state index in [4.69, 9.17) is 33.8 Å². The Bertz CT molecular complexity index is 452. The molecule has 0 aliphatic heterocycles. The van der Waals surface area contributed by atoms with Gasteiger partial charge in [-0.15, -0.1) is 0 Å². The molecule has 0 aliphatic rings. The van der Waals surface area contributed by atoms with Crippen LogP contribution in [0.3, 0.4) is 0 Å². The lowest BCUT2D eigenvalue weighted by Crippen LogP contribution is -2.59. The average Bonchev–Trinajstić information content (AvgIpc) is 2.43. The van der Waals surface area contributed by atoms with Crippen LogP contribution in [-0.4, -0.2) is 46.5 Å². The fourth-order valence-electron chi connectivity index (χ4n) is 1.25. The fraction of sp³-hybridized carbons (Fsp3) is 0.692. The van der Waals surface area contributed by atoms with E-state index in [0.717, 1.165) is 0 Å². The van der Waals surface area contributed by atoms with Gasteiger partial charge in [-0.25, -0.2) is 0 Å². The number of unbranched alkanes of at least 4 members (excludes halogenated alkanes) is 1. The van der Waals surface area contributed by atoms with Crippen LogP contribution in [0.4, 0.5) is 0 Å². The lowest BCUT2D eigenvalue weighted by Gasteiger charge is -2.19. The molecule has 2 atom stereocenters. The van der Waals surface area contributed by atoms with Crippen molar-refractivity contribution in [3.8, 4) is 0 Å². The summed E-state index contributed by atoms with van der Waals surface area (Å²) in [5.41, 5.74) is 24.3. The van der Waals surface area contributed by atoms with Crippen LogP contribution in [0.2, 0.25) is 0 Å². The predicted octanol–water partition coefficient (Wildman–Crippen LogP) is -2.95. The number of carbonyl (C=O) groups is 4. The van der Waals surface area contributed by atoms with E-state index in [-0.39, 0.29) is 18.7 Å². The summed E-state index contributed by atoms with van der Waals surface area (Å²) >= 11 is 0. The van der Waals surface area contributed by atoms with Gasteiger partial charge in [-0.3, -0.25) is 19.2 Å². The summed E-state index contributed by atoms with van der Waals surface area (Å²) in [6, 6.07) is -1.55. The van der Waals surface area contributed by atoms with E-state index in [0.29, 0.717) is 12.8 Å². The molecule has 12 N–H and O–H groups in total. The molecule has 3 amide bonds. The van der Waals surface area contributed by atoms with Gasteiger partial charge in [-0.2, -0.15) is 0 Å². The van der Waals surface area contributed by atoms with Crippen LogP contribution in [0.5, 0.6) is 0 Å². The maximum atomic E-state index is 10.8. The van der Waals surface area contributed by atoms with Crippen LogP contribution in [0, 0.1) is 0 Å². The molecule has 11 nitrogen and oxygen atoms in total. The van der Waals surface area contributed by atoms with Gasteiger partial charge in [-0.05, 0) is 33.1 Å². The number of aliphatic carboxylic acids is 1. The number of carbonyl (C=O) groups excluding carboxylic acids is 3. The Morgan fingerprint density at radius 2 is 1.58 bits per heavy atom. The molecule has 0 aromatic carbocycles. The second-order valence-corrected chi connectivity index (χ2v) is 5.44. The molecule has 0 saturated carbocycles. The normalized spacial score (nSPS) is 13.0. The molecular formula is C13H28N6O5. The zero-order chi connectivity index (χ0) is 19.5. The number of carboxylic acid groups (broad SMARTS) is 1. The minimum Gasteiger partial charge on any atom is -0.480 e. The van der Waals surface area contributed by atoms with Crippen molar-refractivity contribution < 1.29 is 24.3 Å². The second kappa shape index (κ2) is 11.3. The topological polar surface area (TPSA) is 231 Å². The highest BCUT2D eigenvalue weighted by Gasteiger charge is 2.25. The van der Waals surface area contributed by atoms with Crippen molar-refractivity contribution in [2.45, 2.75) is 57.3 Å². The molecule has 0 aromatic rings. The first-order valence-electron chi connectivity index (χ1n) is 7.26. The number of primary amides is 2. The second-order valence-electron chi connectivity index (χ2n) is 5.44. The van der Waals surface area contributed by atoms with Crippen LogP contribution in [0.15, 0.2) is 0 Å². The van der Waals surface area contributed by atoms with E-state index in [9.17, 15) is 19.2 Å². The summed E-state index contributed by atoms with van der Waals surface area (Å²) < 4.78 is 0. The monoisotopic (exact) mass is 348 g/mol. The number of amides is 3. The van der Waals surface area contributed by atoms with Crippen molar-refractivity contribution >= 4 is 23.7 Å². The third-order valence-corrected chi connectivity index (χ3v) is 2.87. The van der Waals surface area contributed by atoms with E-state index < -0.39 is 35.5 Å². The van der Waals surface area contributed by atoms with Gasteiger partial charge in [-0.1, -0.05) is 0 Å². The Labute approximate surface area is 140 Å². The molecule has 0 radical (unpaired) electrons. The van der Waals surface area contributed by atoms with Gasteiger partial charge < -0.3 is 39.1 Å². The highest BCUT2D eigenvalue weighted by molar-refractivity contribution is 5.86. The highest BCUT2D eigenvalue weighted by Crippen LogP contribution is 2.06. The minimum atomic E-state index is -1.47. The first kappa shape index (κ1) is 24.0. The van der Waals surface area contributed by atoms with Gasteiger partial charge >= 0.3 is 5.97 Å². The zero-order valence-electron chi connectivity index (χ0n) is 14.0. The first-order chi connectivity index (χ1) is 10.8. The molecule has 0 aliphatic carbocycles. The summed E-state index contributed by atoms with van der Waals surface area (Å²) in [4.78, 5) is 41.9. The fourth-order valence-corrected chi connectivity index (χ4v) is 1.25. The van der Waals surface area contributed by atoms with Crippen LogP contribution in [0.1, 0.15) is 39.5 Å². The van der Waals surface area contributed by atoms with Crippen molar-refractivity contribution in [3.05, 3.63) is 0 Å². The zero-order valence-corrected chi connectivity index (χ0v) is 14.0. The third-order valence-electron chi connectivity index (χ3n) is 2.87. The molecular weight excluding hydrogens is 320 g/mol. The van der Waals surface area contributed by atoms with Gasteiger partial charge in [0.25, 0.3) is 5.91 Å². The Morgan fingerprint density at radius 3 is 1.92 bits per heavy atom. The Morgan fingerprint density at radius 1 is 1.08 bits per heavy atom. The highest BCUT2D eigenvalue weighted by atomic mass is 16.4. The van der Waals surface area contributed by atoms with Gasteiger partial charge in [0.2, 0.25) is 11.8 Å². The van der Waals surface area contributed by atoms with Crippen molar-refractivity contribution in [2.24, 2.45) is 28.7 Å². The van der Waals surface area contributed by atoms with E-state index in [1.165, 1.54) is 13.8 Å². The number of nitrogens with one attached hydrogen (secondary N) is 1. The summed E-state index contributed by atoms with van der Waals surface area (Å²) in [5, 5.41) is 10.6. The molecule has 0 unspecified atom stereocenters. The van der Waals surface area contributed by atoms with Crippen molar-refractivity contribution in [2.75, 3.05) is 0 Å². The molecule has 11 heteroatoms. The van der Waals surface area contributed by atoms with Crippen LogP contribution in [-0.2, 0) is 19.2 Å². The molecule has 140 valence electrons. The number of hydrogen-bond acceptors (Lipinski definition) is 7. The quantitative estimate of drug-likeness (QED) is 0.168. The average molecular weight is 348 g/mol. The van der Waals surface area contributed by atoms with Gasteiger partial charge in [0.1, 0.15) is 11.7 Å². The number of carboxylic acids is 1. The summed E-state index contributed by atoms with van der Waals surface area (Å²) in [7, 11) is 0. The molecule has 0 heterocycles. The van der Waals surface area contributed by atoms with E-state index in [2.05, 4.69) is 5.32 Å². The van der Waals surface area contributed by atoms with Crippen LogP contribution >= 0.6 is 0 Å². The van der Waals surface area contributed by atoms with E-state index in [1.54, 1.807) is 0 Å². The Balaban J connectivity index is 0. The van der Waals surface area contributed by atoms with E-state index in [1.807, 2.05) is 0 Å². The van der Waals surface area contributed by atoms with Crippen molar-refractivity contribution in [3.63, 3.8) is 0 Å². The number of rotatable bonds is 9. The molecule has 0 saturated heterocycles. The van der Waals surface area contributed by atoms with E-state index >= 15 is 0 Å². The lowest BCUT2D eigenvalue weighted by molar-refractivity contribution is -0.141. The predicted molar refractivity (Wildman–Crippen MR) is 86.9 cm³/mol. The molecule has 0 spiro atoms. The molecule has 24 heavy (non-hydrogen) atoms. The number of nitrogens with two attached hydrogens (primary N) is 5. The van der Waals surface area contributed by atoms with Gasteiger partial charge in [0.15, 0.2) is 0 Å². The minimum absolute atomic E-state index is 0.260. The smallest absolute Gasteiger partial charge is 0.325 e. The summed E-state index contributed by atoms with van der Waals surface area (Å²) in [6.45, 7) is 2.87. The van der Waals surface area contributed by atoms with Gasteiger partial charge in [0.05, 0.1) is 6.04 Å². The largest absolute Gasteiger partial charge is 0.480 e. The summed E-state index contributed by atoms with van der Waals surface area (Å²) in [6.07, 6.45) is 1.65. The van der Waals surface area contributed by atoms with Crippen LogP contribution < -0.4 is 34.0 Å². The molecule has 0 aromatic heterocycles. The Kier molecular flexibility index (Phi) is 11.3. The number of hydrogen-bond donors (Lipinski definition) is 7. The SMILES string of the molecule is C[C@H](N)C(=O)N[C@H](C)C(=O)O.NC(=O)CCCCC(N)(N)C(N)=O. The van der Waals surface area contributed by atoms with Crippen LogP contribution in [0.25, 0.3) is 0 Å². The van der Waals surface area contributed by atoms with Crippen molar-refractivity contribution in [1.29, 1.82) is 0 Å². The molecule has 0 fully saturated rings. The molecule has 0 bridgehead atoms. The Hall–Kier alpha value is -2.24. The van der Waals surface area contributed by atoms with Crippen molar-refractivity contribution in [1.82, 2.24) is 5.32 Å². The standard InChI is InChI=1S/C7H16N4O2.C6H12N2O3/c8-5(12)3-1-2-4-7(10,11)6(9)13;1-3(7)5(9)8-4(2)6(10)11/h1-4,10-11H2,(H2,8,12)(H2,9,13);3-4H,7H2,1-2H3,(H,8,9)(H,10,11)/t;3-,4+/m.0/s1. The summed E-state index contributed by atoms with van der Waals surface area (Å²) in [5.74, 6) is -2.65. The van der Waals surface area contributed by atoms with Gasteiger partial charge in [0, 0.05) is 6.42 Å². The first-order valence-corrected chi connectivity index (χ1v) is 7.26.